The van der Waals surface area contributed by atoms with Crippen molar-refractivity contribution in [1.29, 1.82) is 0 Å². The molecule has 0 aromatic carbocycles. The third-order valence-corrected chi connectivity index (χ3v) is 2.93. The minimum atomic E-state index is 0. The summed E-state index contributed by atoms with van der Waals surface area (Å²) in [5, 5.41) is 6.61. The van der Waals surface area contributed by atoms with Gasteiger partial charge in [0, 0.05) is 45.9 Å². The largest absolute Gasteiger partial charge is 0.380 e. The maximum atomic E-state index is 5.42. The highest BCUT2D eigenvalue weighted by molar-refractivity contribution is 14.0. The molecule has 0 unspecified atom stereocenters. The number of halogens is 1. The fraction of sp³-hybridized carbons (Fsp3) is 0.909. The Labute approximate surface area is 120 Å². The van der Waals surface area contributed by atoms with Gasteiger partial charge in [-0.3, -0.25) is 9.89 Å². The number of nitrogens with one attached hydrogen (secondary N) is 2. The summed E-state index contributed by atoms with van der Waals surface area (Å²) < 4.78 is 5.42. The van der Waals surface area contributed by atoms with Gasteiger partial charge in [0.1, 0.15) is 0 Å². The van der Waals surface area contributed by atoms with Gasteiger partial charge in [-0.2, -0.15) is 0 Å². The number of ether oxygens (including phenoxy) is 1. The van der Waals surface area contributed by atoms with Gasteiger partial charge in [0.25, 0.3) is 0 Å². The normalized spacial score (nSPS) is 21.8. The molecule has 2 heterocycles. The second-order valence-electron chi connectivity index (χ2n) is 4.25. The summed E-state index contributed by atoms with van der Waals surface area (Å²) in [4.78, 5) is 6.83. The maximum absolute atomic E-state index is 5.42. The van der Waals surface area contributed by atoms with Crippen LogP contribution in [0.4, 0.5) is 0 Å². The third-order valence-electron chi connectivity index (χ3n) is 2.93. The lowest BCUT2D eigenvalue weighted by Gasteiger charge is -2.21. The molecular formula is C11H23IN4O. The first-order valence-corrected chi connectivity index (χ1v) is 6.27. The first kappa shape index (κ1) is 15.0. The molecule has 2 aliphatic heterocycles. The minimum absolute atomic E-state index is 0. The number of hydrogen-bond acceptors (Lipinski definition) is 5. The second-order valence-corrected chi connectivity index (χ2v) is 4.25. The molecule has 0 amide bonds. The van der Waals surface area contributed by atoms with E-state index < -0.39 is 0 Å². The predicted octanol–water partition coefficient (Wildman–Crippen LogP) is 0.266. The molecule has 2 N–H and O–H groups in total. The molecule has 6 heteroatoms. The maximum Gasteiger partial charge on any atom is 0.191 e. The topological polar surface area (TPSA) is 48.9 Å². The van der Waals surface area contributed by atoms with Crippen molar-refractivity contribution in [2.45, 2.75) is 12.8 Å². The summed E-state index contributed by atoms with van der Waals surface area (Å²) in [6, 6.07) is 0. The summed E-state index contributed by atoms with van der Waals surface area (Å²) in [6.45, 7) is 8.03. The van der Waals surface area contributed by atoms with E-state index in [4.69, 9.17) is 4.74 Å². The molecule has 0 atom stereocenters. The van der Waals surface area contributed by atoms with Crippen molar-refractivity contribution < 1.29 is 4.74 Å². The number of guanidine groups is 1. The smallest absolute Gasteiger partial charge is 0.191 e. The van der Waals surface area contributed by atoms with Crippen LogP contribution in [0.2, 0.25) is 0 Å². The Bertz CT molecular complexity index is 230. The van der Waals surface area contributed by atoms with Crippen molar-refractivity contribution in [2.24, 2.45) is 4.99 Å². The number of aliphatic imine (C=N–C) groups is 1. The summed E-state index contributed by atoms with van der Waals surface area (Å²) in [7, 11) is 0. The van der Waals surface area contributed by atoms with Gasteiger partial charge < -0.3 is 15.4 Å². The first-order valence-electron chi connectivity index (χ1n) is 6.27. The standard InChI is InChI=1S/C11H22N4O.HI/c1-3-12-11(13-4-1)14-5-7-15-6-2-9-16-10-8-15;/h1-10H2,(H2,12,13,14);1H. The van der Waals surface area contributed by atoms with Crippen LogP contribution in [0.5, 0.6) is 0 Å². The molecule has 100 valence electrons. The van der Waals surface area contributed by atoms with Crippen LogP contribution in [0.25, 0.3) is 0 Å². The molecule has 0 aromatic rings. The van der Waals surface area contributed by atoms with E-state index in [9.17, 15) is 0 Å². The Kier molecular flexibility index (Phi) is 7.87. The third kappa shape index (κ3) is 5.87. The molecule has 0 aliphatic carbocycles. The molecule has 0 saturated carbocycles. The van der Waals surface area contributed by atoms with Crippen LogP contribution in [0.15, 0.2) is 4.99 Å². The van der Waals surface area contributed by atoms with E-state index >= 15 is 0 Å². The lowest BCUT2D eigenvalue weighted by atomic mass is 10.4. The predicted molar refractivity (Wildman–Crippen MR) is 80.2 cm³/mol. The van der Waals surface area contributed by atoms with E-state index in [1.54, 1.807) is 0 Å². The van der Waals surface area contributed by atoms with Gasteiger partial charge in [0.05, 0.1) is 6.61 Å². The van der Waals surface area contributed by atoms with E-state index in [-0.39, 0.29) is 24.0 Å². The Hall–Kier alpha value is -0.0800. The quantitative estimate of drug-likeness (QED) is 0.715. The molecular weight excluding hydrogens is 331 g/mol. The molecule has 2 rings (SSSR count). The molecule has 1 saturated heterocycles. The van der Waals surface area contributed by atoms with Crippen molar-refractivity contribution in [3.8, 4) is 0 Å². The SMILES string of the molecule is C1CN=C(NCCN2CCCOCC2)NC1.I. The van der Waals surface area contributed by atoms with Crippen molar-refractivity contribution >= 4 is 29.9 Å². The van der Waals surface area contributed by atoms with E-state index in [1.165, 1.54) is 0 Å². The lowest BCUT2D eigenvalue weighted by molar-refractivity contribution is 0.141. The molecule has 2 aliphatic rings. The molecule has 0 bridgehead atoms. The molecule has 1 fully saturated rings. The van der Waals surface area contributed by atoms with E-state index in [0.717, 1.165) is 71.3 Å². The van der Waals surface area contributed by atoms with Gasteiger partial charge in [0.2, 0.25) is 0 Å². The number of hydrogen-bond donors (Lipinski definition) is 2. The molecule has 0 spiro atoms. The molecule has 17 heavy (non-hydrogen) atoms. The number of nitrogens with zero attached hydrogens (tertiary/aromatic N) is 2. The Morgan fingerprint density at radius 3 is 3.06 bits per heavy atom. The van der Waals surface area contributed by atoms with Crippen LogP contribution < -0.4 is 10.6 Å². The van der Waals surface area contributed by atoms with Crippen molar-refractivity contribution in [3.63, 3.8) is 0 Å². The van der Waals surface area contributed by atoms with Crippen LogP contribution in [-0.2, 0) is 4.74 Å². The highest BCUT2D eigenvalue weighted by Gasteiger charge is 2.09. The monoisotopic (exact) mass is 354 g/mol. The summed E-state index contributed by atoms with van der Waals surface area (Å²) >= 11 is 0. The highest BCUT2D eigenvalue weighted by Crippen LogP contribution is 1.97. The van der Waals surface area contributed by atoms with Gasteiger partial charge in [-0.15, -0.1) is 24.0 Å². The zero-order chi connectivity index (χ0) is 11.1. The van der Waals surface area contributed by atoms with Crippen LogP contribution in [0.3, 0.4) is 0 Å². The van der Waals surface area contributed by atoms with Crippen LogP contribution in [-0.4, -0.2) is 63.3 Å². The summed E-state index contributed by atoms with van der Waals surface area (Å²) in [5.41, 5.74) is 0. The Balaban J connectivity index is 0.00000144. The van der Waals surface area contributed by atoms with Gasteiger partial charge in [-0.1, -0.05) is 0 Å². The van der Waals surface area contributed by atoms with E-state index in [0.29, 0.717) is 0 Å². The summed E-state index contributed by atoms with van der Waals surface area (Å²) in [6.07, 6.45) is 2.30. The van der Waals surface area contributed by atoms with Gasteiger partial charge in [0.15, 0.2) is 5.96 Å². The highest BCUT2D eigenvalue weighted by atomic mass is 127. The fourth-order valence-corrected chi connectivity index (χ4v) is 2.00. The molecule has 0 radical (unpaired) electrons. The van der Waals surface area contributed by atoms with Crippen molar-refractivity contribution in [3.05, 3.63) is 0 Å². The average molecular weight is 354 g/mol. The molecule has 5 nitrogen and oxygen atoms in total. The molecule has 0 aromatic heterocycles. The fourth-order valence-electron chi connectivity index (χ4n) is 2.00. The zero-order valence-corrected chi connectivity index (χ0v) is 12.6. The lowest BCUT2D eigenvalue weighted by Crippen LogP contribution is -2.44. The summed E-state index contributed by atoms with van der Waals surface area (Å²) in [5.74, 6) is 0.970. The first-order chi connectivity index (χ1) is 7.95. The zero-order valence-electron chi connectivity index (χ0n) is 10.3. The van der Waals surface area contributed by atoms with Gasteiger partial charge >= 0.3 is 0 Å². The van der Waals surface area contributed by atoms with E-state index in [2.05, 4.69) is 20.5 Å². The van der Waals surface area contributed by atoms with E-state index in [1.807, 2.05) is 0 Å². The van der Waals surface area contributed by atoms with Gasteiger partial charge in [-0.25, -0.2) is 0 Å². The van der Waals surface area contributed by atoms with Crippen LogP contribution >= 0.6 is 24.0 Å². The van der Waals surface area contributed by atoms with Crippen molar-refractivity contribution in [1.82, 2.24) is 15.5 Å². The Morgan fingerprint density at radius 1 is 1.29 bits per heavy atom. The van der Waals surface area contributed by atoms with Gasteiger partial charge in [-0.05, 0) is 12.8 Å². The number of rotatable bonds is 3. The second kappa shape index (κ2) is 8.93. The average Bonchev–Trinajstić information content (AvgIpc) is 2.59. The Morgan fingerprint density at radius 2 is 2.24 bits per heavy atom. The minimum Gasteiger partial charge on any atom is -0.380 e. The van der Waals surface area contributed by atoms with Crippen LogP contribution in [0.1, 0.15) is 12.8 Å². The van der Waals surface area contributed by atoms with Crippen LogP contribution in [0, 0.1) is 0 Å². The van der Waals surface area contributed by atoms with Crippen molar-refractivity contribution in [2.75, 3.05) is 52.5 Å².